The van der Waals surface area contributed by atoms with Crippen molar-refractivity contribution in [2.75, 3.05) is 5.75 Å². The molecule has 0 aliphatic carbocycles. The number of thioether (sulfide) groups is 1. The molecule has 1 amide bonds. The molecule has 3 nitrogen and oxygen atoms in total. The molecule has 0 atom stereocenters. The molecule has 122 valence electrons. The predicted octanol–water partition coefficient (Wildman–Crippen LogP) is 4.21. The summed E-state index contributed by atoms with van der Waals surface area (Å²) in [7, 11) is 0. The summed E-state index contributed by atoms with van der Waals surface area (Å²) in [6.07, 6.45) is 0. The van der Waals surface area contributed by atoms with Crippen LogP contribution in [0.3, 0.4) is 0 Å². The summed E-state index contributed by atoms with van der Waals surface area (Å²) >= 11 is 7.49. The zero-order valence-electron chi connectivity index (χ0n) is 13.2. The van der Waals surface area contributed by atoms with E-state index in [4.69, 9.17) is 11.6 Å². The van der Waals surface area contributed by atoms with E-state index in [0.29, 0.717) is 23.1 Å². The zero-order valence-corrected chi connectivity index (χ0v) is 14.8. The predicted molar refractivity (Wildman–Crippen MR) is 97.0 cm³/mol. The average molecular weight is 350 g/mol. The lowest BCUT2D eigenvalue weighted by Gasteiger charge is -2.09. The second-order valence-electron chi connectivity index (χ2n) is 5.48. The summed E-state index contributed by atoms with van der Waals surface area (Å²) in [4.78, 5) is 11.9. The number of aromatic hydroxyl groups is 1. The summed E-state index contributed by atoms with van der Waals surface area (Å²) in [5.41, 5.74) is 3.75. The second-order valence-corrected chi connectivity index (χ2v) is 6.90. The molecule has 0 fully saturated rings. The molecule has 0 radical (unpaired) electrons. The van der Waals surface area contributed by atoms with Crippen LogP contribution in [0.15, 0.2) is 36.4 Å². The Morgan fingerprint density at radius 1 is 1.17 bits per heavy atom. The Morgan fingerprint density at radius 2 is 1.87 bits per heavy atom. The third-order valence-corrected chi connectivity index (χ3v) is 4.67. The van der Waals surface area contributed by atoms with E-state index >= 15 is 0 Å². The minimum atomic E-state index is 0.000379. The van der Waals surface area contributed by atoms with Crippen LogP contribution in [-0.2, 0) is 17.1 Å². The number of aryl methyl sites for hydroxylation is 2. The molecule has 0 aliphatic heterocycles. The van der Waals surface area contributed by atoms with E-state index in [0.717, 1.165) is 28.0 Å². The highest BCUT2D eigenvalue weighted by molar-refractivity contribution is 7.99. The third kappa shape index (κ3) is 5.48. The lowest BCUT2D eigenvalue weighted by atomic mass is 10.1. The maximum absolute atomic E-state index is 11.9. The Labute approximate surface area is 146 Å². The Morgan fingerprint density at radius 3 is 2.52 bits per heavy atom. The van der Waals surface area contributed by atoms with Crippen LogP contribution >= 0.6 is 23.4 Å². The SMILES string of the molecule is Cc1cc(CNC(=O)CSCc2cccc(Cl)c2)cc(C)c1O. The van der Waals surface area contributed by atoms with Crippen molar-refractivity contribution < 1.29 is 9.90 Å². The first kappa shape index (κ1) is 17.7. The van der Waals surface area contributed by atoms with Crippen LogP contribution in [-0.4, -0.2) is 16.8 Å². The first-order valence-electron chi connectivity index (χ1n) is 7.33. The van der Waals surface area contributed by atoms with E-state index < -0.39 is 0 Å². The third-order valence-electron chi connectivity index (χ3n) is 3.43. The summed E-state index contributed by atoms with van der Waals surface area (Å²) in [5, 5.41) is 13.4. The van der Waals surface area contributed by atoms with Crippen molar-refractivity contribution in [1.29, 1.82) is 0 Å². The molecule has 2 aromatic carbocycles. The standard InChI is InChI=1S/C18H20ClNO2S/c1-12-6-15(7-13(2)18(12)22)9-20-17(21)11-23-10-14-4-3-5-16(19)8-14/h3-8,22H,9-11H2,1-2H3,(H,20,21). The molecule has 2 aromatic rings. The van der Waals surface area contributed by atoms with Crippen LogP contribution in [0.1, 0.15) is 22.3 Å². The monoisotopic (exact) mass is 349 g/mol. The molecule has 0 heterocycles. The number of carbonyl (C=O) groups excluding carboxylic acids is 1. The van der Waals surface area contributed by atoms with Gasteiger partial charge in [0.15, 0.2) is 0 Å². The Kier molecular flexibility index (Phi) is 6.37. The van der Waals surface area contributed by atoms with Crippen molar-refractivity contribution in [3.63, 3.8) is 0 Å². The number of benzene rings is 2. The molecular formula is C18H20ClNO2S. The first-order chi connectivity index (χ1) is 11.0. The van der Waals surface area contributed by atoms with Crippen molar-refractivity contribution in [3.05, 3.63) is 63.7 Å². The van der Waals surface area contributed by atoms with Gasteiger partial charge in [0.1, 0.15) is 5.75 Å². The van der Waals surface area contributed by atoms with Gasteiger partial charge in [0.25, 0.3) is 0 Å². The molecule has 2 N–H and O–H groups in total. The number of phenolic OH excluding ortho intramolecular Hbond substituents is 1. The number of hydrogen-bond donors (Lipinski definition) is 2. The molecular weight excluding hydrogens is 330 g/mol. The van der Waals surface area contributed by atoms with E-state index in [1.165, 1.54) is 0 Å². The van der Waals surface area contributed by atoms with Gasteiger partial charge < -0.3 is 10.4 Å². The van der Waals surface area contributed by atoms with E-state index in [1.54, 1.807) is 11.8 Å². The van der Waals surface area contributed by atoms with Crippen LogP contribution < -0.4 is 5.32 Å². The maximum atomic E-state index is 11.9. The van der Waals surface area contributed by atoms with Gasteiger partial charge in [0.05, 0.1) is 5.75 Å². The van der Waals surface area contributed by atoms with Crippen molar-refractivity contribution in [3.8, 4) is 5.75 Å². The number of halogens is 1. The van der Waals surface area contributed by atoms with Crippen LogP contribution in [0.25, 0.3) is 0 Å². The van der Waals surface area contributed by atoms with Crippen molar-refractivity contribution in [2.24, 2.45) is 0 Å². The minimum Gasteiger partial charge on any atom is -0.507 e. The number of amides is 1. The van der Waals surface area contributed by atoms with E-state index in [2.05, 4.69) is 5.32 Å². The molecule has 23 heavy (non-hydrogen) atoms. The summed E-state index contributed by atoms with van der Waals surface area (Å²) < 4.78 is 0. The minimum absolute atomic E-state index is 0.000379. The number of nitrogens with one attached hydrogen (secondary N) is 1. The molecule has 0 spiro atoms. The topological polar surface area (TPSA) is 49.3 Å². The number of rotatable bonds is 6. The molecule has 2 rings (SSSR count). The van der Waals surface area contributed by atoms with Gasteiger partial charge in [-0.25, -0.2) is 0 Å². The highest BCUT2D eigenvalue weighted by Crippen LogP contribution is 2.22. The fourth-order valence-corrected chi connectivity index (χ4v) is 3.31. The number of hydrogen-bond acceptors (Lipinski definition) is 3. The Balaban J connectivity index is 1.77. The van der Waals surface area contributed by atoms with Gasteiger partial charge in [-0.05, 0) is 48.2 Å². The van der Waals surface area contributed by atoms with Gasteiger partial charge in [-0.2, -0.15) is 0 Å². The Bertz CT molecular complexity index is 680. The molecule has 0 saturated heterocycles. The molecule has 0 unspecified atom stereocenters. The zero-order chi connectivity index (χ0) is 16.8. The lowest BCUT2D eigenvalue weighted by molar-refractivity contribution is -0.118. The van der Waals surface area contributed by atoms with Crippen LogP contribution in [0.4, 0.5) is 0 Å². The molecule has 0 saturated carbocycles. The van der Waals surface area contributed by atoms with Crippen LogP contribution in [0, 0.1) is 13.8 Å². The Hall–Kier alpha value is -1.65. The first-order valence-corrected chi connectivity index (χ1v) is 8.87. The number of phenols is 1. The van der Waals surface area contributed by atoms with Crippen molar-refractivity contribution in [2.45, 2.75) is 26.1 Å². The van der Waals surface area contributed by atoms with Gasteiger partial charge in [-0.1, -0.05) is 35.9 Å². The van der Waals surface area contributed by atoms with E-state index in [9.17, 15) is 9.90 Å². The summed E-state index contributed by atoms with van der Waals surface area (Å²) in [6.45, 7) is 4.18. The number of carbonyl (C=O) groups is 1. The average Bonchev–Trinajstić information content (AvgIpc) is 2.50. The quantitative estimate of drug-likeness (QED) is 0.821. The lowest BCUT2D eigenvalue weighted by Crippen LogP contribution is -2.24. The molecule has 0 bridgehead atoms. The van der Waals surface area contributed by atoms with Crippen molar-refractivity contribution >= 4 is 29.3 Å². The van der Waals surface area contributed by atoms with E-state index in [1.807, 2.05) is 50.2 Å². The van der Waals surface area contributed by atoms with Gasteiger partial charge in [0, 0.05) is 17.3 Å². The van der Waals surface area contributed by atoms with Crippen LogP contribution in [0.5, 0.6) is 5.75 Å². The summed E-state index contributed by atoms with van der Waals surface area (Å²) in [6, 6.07) is 11.4. The van der Waals surface area contributed by atoms with Gasteiger partial charge in [0.2, 0.25) is 5.91 Å². The van der Waals surface area contributed by atoms with E-state index in [-0.39, 0.29) is 5.91 Å². The van der Waals surface area contributed by atoms with Crippen LogP contribution in [0.2, 0.25) is 5.02 Å². The van der Waals surface area contributed by atoms with Crippen molar-refractivity contribution in [1.82, 2.24) is 5.32 Å². The largest absolute Gasteiger partial charge is 0.507 e. The second kappa shape index (κ2) is 8.27. The smallest absolute Gasteiger partial charge is 0.230 e. The normalized spacial score (nSPS) is 10.6. The van der Waals surface area contributed by atoms with Gasteiger partial charge in [-0.15, -0.1) is 11.8 Å². The fraction of sp³-hybridized carbons (Fsp3) is 0.278. The fourth-order valence-electron chi connectivity index (χ4n) is 2.29. The molecule has 5 heteroatoms. The molecule has 0 aliphatic rings. The van der Waals surface area contributed by atoms with Gasteiger partial charge >= 0.3 is 0 Å². The molecule has 0 aromatic heterocycles. The van der Waals surface area contributed by atoms with Gasteiger partial charge in [-0.3, -0.25) is 4.79 Å². The maximum Gasteiger partial charge on any atom is 0.230 e. The highest BCUT2D eigenvalue weighted by Gasteiger charge is 2.06. The highest BCUT2D eigenvalue weighted by atomic mass is 35.5. The summed E-state index contributed by atoms with van der Waals surface area (Å²) in [5.74, 6) is 1.48.